The molecule has 3 N–H and O–H groups in total. The van der Waals surface area contributed by atoms with Crippen LogP contribution in [0.25, 0.3) is 5.69 Å². The van der Waals surface area contributed by atoms with Gasteiger partial charge in [0.2, 0.25) is 0 Å². The summed E-state index contributed by atoms with van der Waals surface area (Å²) in [5, 5.41) is 11.0. The van der Waals surface area contributed by atoms with Gasteiger partial charge in [-0.3, -0.25) is 4.79 Å². The topological polar surface area (TPSA) is 104 Å². The molecule has 0 aliphatic heterocycles. The zero-order valence-electron chi connectivity index (χ0n) is 14.1. The maximum Gasteiger partial charge on any atom is 0.280 e. The maximum absolute atomic E-state index is 12.5. The molecule has 1 aromatic heterocycles. The van der Waals surface area contributed by atoms with Crippen LogP contribution in [0.5, 0.6) is 11.5 Å². The molecule has 3 aromatic rings. The van der Waals surface area contributed by atoms with Crippen LogP contribution in [0.15, 0.2) is 42.5 Å². The second kappa shape index (κ2) is 7.32. The molecule has 0 fully saturated rings. The van der Waals surface area contributed by atoms with E-state index in [0.717, 1.165) is 0 Å². The van der Waals surface area contributed by atoms with Crippen LogP contribution in [0, 0.1) is 0 Å². The third-order valence-electron chi connectivity index (χ3n) is 3.65. The first-order valence-corrected chi connectivity index (χ1v) is 7.92. The first kappa shape index (κ1) is 17.6. The van der Waals surface area contributed by atoms with Crippen LogP contribution >= 0.6 is 11.6 Å². The Morgan fingerprint density at radius 3 is 2.62 bits per heavy atom. The summed E-state index contributed by atoms with van der Waals surface area (Å²) in [6.45, 7) is 0. The number of carbonyl (C=O) groups is 1. The molecular formula is C17H16ClN5O3. The fourth-order valence-electron chi connectivity index (χ4n) is 2.35. The number of nitrogens with one attached hydrogen (secondary N) is 1. The van der Waals surface area contributed by atoms with Crippen molar-refractivity contribution in [2.24, 2.45) is 0 Å². The van der Waals surface area contributed by atoms with Crippen molar-refractivity contribution < 1.29 is 14.3 Å². The predicted octanol–water partition coefficient (Wildman–Crippen LogP) is 2.77. The number of aromatic nitrogens is 3. The molecule has 0 aliphatic rings. The lowest BCUT2D eigenvalue weighted by molar-refractivity contribution is 0.102. The molecule has 2 aromatic carbocycles. The molecule has 0 saturated heterocycles. The Kier molecular flexibility index (Phi) is 4.94. The van der Waals surface area contributed by atoms with Crippen LogP contribution in [-0.4, -0.2) is 35.1 Å². The summed E-state index contributed by atoms with van der Waals surface area (Å²) in [6.07, 6.45) is 0. The minimum absolute atomic E-state index is 0.00942. The van der Waals surface area contributed by atoms with Gasteiger partial charge < -0.3 is 20.5 Å². The molecule has 8 nitrogen and oxygen atoms in total. The van der Waals surface area contributed by atoms with E-state index in [1.54, 1.807) is 42.5 Å². The van der Waals surface area contributed by atoms with Gasteiger partial charge in [-0.1, -0.05) is 28.9 Å². The number of nitrogen functional groups attached to an aromatic ring is 1. The highest BCUT2D eigenvalue weighted by molar-refractivity contribution is 6.32. The largest absolute Gasteiger partial charge is 0.495 e. The molecule has 0 saturated carbocycles. The summed E-state index contributed by atoms with van der Waals surface area (Å²) in [7, 11) is 3.02. The number of hydrogen-bond donors (Lipinski definition) is 2. The summed E-state index contributed by atoms with van der Waals surface area (Å²) in [5.41, 5.74) is 7.12. The van der Waals surface area contributed by atoms with Crippen molar-refractivity contribution in [3.63, 3.8) is 0 Å². The van der Waals surface area contributed by atoms with Gasteiger partial charge in [-0.25, -0.2) is 0 Å². The highest BCUT2D eigenvalue weighted by atomic mass is 35.5. The molecule has 9 heteroatoms. The normalized spacial score (nSPS) is 10.4. The molecule has 134 valence electrons. The van der Waals surface area contributed by atoms with Gasteiger partial charge in [-0.2, -0.15) is 4.68 Å². The number of hydrogen-bond acceptors (Lipinski definition) is 6. The molecular weight excluding hydrogens is 358 g/mol. The molecule has 1 heterocycles. The van der Waals surface area contributed by atoms with Crippen molar-refractivity contribution in [3.05, 3.63) is 53.2 Å². The van der Waals surface area contributed by atoms with Gasteiger partial charge in [-0.15, -0.1) is 5.10 Å². The van der Waals surface area contributed by atoms with Gasteiger partial charge in [0, 0.05) is 6.07 Å². The zero-order chi connectivity index (χ0) is 18.7. The van der Waals surface area contributed by atoms with E-state index in [4.69, 9.17) is 26.8 Å². The van der Waals surface area contributed by atoms with E-state index in [1.165, 1.54) is 18.9 Å². The number of amides is 1. The Labute approximate surface area is 154 Å². The summed E-state index contributed by atoms with van der Waals surface area (Å²) in [5.74, 6) is 0.564. The molecule has 0 bridgehead atoms. The van der Waals surface area contributed by atoms with E-state index in [1.807, 2.05) is 0 Å². The van der Waals surface area contributed by atoms with Crippen LogP contribution in [-0.2, 0) is 0 Å². The Hall–Kier alpha value is -3.26. The average Bonchev–Trinajstić information content (AvgIpc) is 3.04. The standard InChI is InChI=1S/C17H16ClN5O3/c1-25-13-6-4-3-5-12(13)20-17(24)15-16(19)23(22-21-15)10-7-8-11(18)14(9-10)26-2/h3-9H,19H2,1-2H3,(H,20,24). The van der Waals surface area contributed by atoms with Gasteiger partial charge in [0.05, 0.1) is 30.6 Å². The lowest BCUT2D eigenvalue weighted by atomic mass is 10.2. The number of nitrogens with zero attached hydrogens (tertiary/aromatic N) is 3. The number of para-hydroxylation sites is 2. The van der Waals surface area contributed by atoms with Crippen molar-refractivity contribution in [1.82, 2.24) is 15.0 Å². The van der Waals surface area contributed by atoms with E-state index in [0.29, 0.717) is 27.9 Å². The van der Waals surface area contributed by atoms with Crippen molar-refractivity contribution >= 4 is 29.0 Å². The Morgan fingerprint density at radius 2 is 1.88 bits per heavy atom. The monoisotopic (exact) mass is 373 g/mol. The molecule has 0 spiro atoms. The smallest absolute Gasteiger partial charge is 0.280 e. The first-order valence-electron chi connectivity index (χ1n) is 7.54. The molecule has 0 unspecified atom stereocenters. The van der Waals surface area contributed by atoms with Crippen molar-refractivity contribution in [1.29, 1.82) is 0 Å². The van der Waals surface area contributed by atoms with Crippen LogP contribution in [0.3, 0.4) is 0 Å². The highest BCUT2D eigenvalue weighted by Crippen LogP contribution is 2.28. The second-order valence-corrected chi connectivity index (χ2v) is 5.62. The lowest BCUT2D eigenvalue weighted by Gasteiger charge is -2.09. The molecule has 0 radical (unpaired) electrons. The minimum Gasteiger partial charge on any atom is -0.495 e. The van der Waals surface area contributed by atoms with Crippen LogP contribution in [0.4, 0.5) is 11.5 Å². The van der Waals surface area contributed by atoms with Gasteiger partial charge in [-0.05, 0) is 24.3 Å². The number of halogens is 1. The molecule has 3 rings (SSSR count). The molecule has 1 amide bonds. The Balaban J connectivity index is 1.90. The number of benzene rings is 2. The quantitative estimate of drug-likeness (QED) is 0.712. The average molecular weight is 374 g/mol. The number of methoxy groups -OCH3 is 2. The molecule has 26 heavy (non-hydrogen) atoms. The fourth-order valence-corrected chi connectivity index (χ4v) is 2.55. The third kappa shape index (κ3) is 3.27. The minimum atomic E-state index is -0.501. The summed E-state index contributed by atoms with van der Waals surface area (Å²) >= 11 is 6.02. The number of anilines is 2. The zero-order valence-corrected chi connectivity index (χ0v) is 14.8. The number of ether oxygens (including phenoxy) is 2. The highest BCUT2D eigenvalue weighted by Gasteiger charge is 2.20. The maximum atomic E-state index is 12.5. The van der Waals surface area contributed by atoms with Gasteiger partial charge >= 0.3 is 0 Å². The van der Waals surface area contributed by atoms with Crippen LogP contribution < -0.4 is 20.5 Å². The third-order valence-corrected chi connectivity index (χ3v) is 3.97. The number of rotatable bonds is 5. The number of carbonyl (C=O) groups excluding carboxylic acids is 1. The van der Waals surface area contributed by atoms with Gasteiger partial charge in [0.1, 0.15) is 11.5 Å². The second-order valence-electron chi connectivity index (χ2n) is 5.21. The van der Waals surface area contributed by atoms with Crippen LogP contribution in [0.2, 0.25) is 5.02 Å². The fraction of sp³-hybridized carbons (Fsp3) is 0.118. The van der Waals surface area contributed by atoms with Gasteiger partial charge in [0.15, 0.2) is 11.5 Å². The first-order chi connectivity index (χ1) is 12.5. The Morgan fingerprint density at radius 1 is 1.15 bits per heavy atom. The van der Waals surface area contributed by atoms with E-state index in [-0.39, 0.29) is 11.5 Å². The lowest BCUT2D eigenvalue weighted by Crippen LogP contribution is -2.15. The number of nitrogens with two attached hydrogens (primary N) is 1. The van der Waals surface area contributed by atoms with Crippen molar-refractivity contribution in [2.75, 3.05) is 25.3 Å². The molecule has 0 aliphatic carbocycles. The van der Waals surface area contributed by atoms with Crippen molar-refractivity contribution in [3.8, 4) is 17.2 Å². The van der Waals surface area contributed by atoms with E-state index in [2.05, 4.69) is 15.6 Å². The summed E-state index contributed by atoms with van der Waals surface area (Å²) in [6, 6.07) is 12.0. The Bertz CT molecular complexity index is 957. The van der Waals surface area contributed by atoms with E-state index >= 15 is 0 Å². The summed E-state index contributed by atoms with van der Waals surface area (Å²) < 4.78 is 11.7. The van der Waals surface area contributed by atoms with E-state index < -0.39 is 5.91 Å². The van der Waals surface area contributed by atoms with Crippen LogP contribution in [0.1, 0.15) is 10.5 Å². The van der Waals surface area contributed by atoms with Gasteiger partial charge in [0.25, 0.3) is 5.91 Å². The van der Waals surface area contributed by atoms with Crippen molar-refractivity contribution in [2.45, 2.75) is 0 Å². The summed E-state index contributed by atoms with van der Waals surface area (Å²) in [4.78, 5) is 12.5. The SMILES string of the molecule is COc1cc(-n2nnc(C(=O)Nc3ccccc3OC)c2N)ccc1Cl. The molecule has 0 atom stereocenters. The van der Waals surface area contributed by atoms with E-state index in [9.17, 15) is 4.79 Å². The predicted molar refractivity (Wildman–Crippen MR) is 98.3 cm³/mol.